The van der Waals surface area contributed by atoms with Gasteiger partial charge < -0.3 is 10.2 Å². The van der Waals surface area contributed by atoms with Gasteiger partial charge in [0.15, 0.2) is 0 Å². The predicted octanol–water partition coefficient (Wildman–Crippen LogP) is 8.56. The summed E-state index contributed by atoms with van der Waals surface area (Å²) in [7, 11) is 0. The lowest BCUT2D eigenvalue weighted by Crippen LogP contribution is -2.53. The molecule has 0 radical (unpaired) electrons. The van der Waals surface area contributed by atoms with E-state index in [4.69, 9.17) is 0 Å². The third-order valence-electron chi connectivity index (χ3n) is 10.3. The van der Waals surface area contributed by atoms with E-state index in [9.17, 15) is 10.2 Å². The molecule has 0 aromatic carbocycles. The maximum absolute atomic E-state index is 11.6. The highest BCUT2D eigenvalue weighted by molar-refractivity contribution is 5.25. The molecule has 3 fully saturated rings. The van der Waals surface area contributed by atoms with Gasteiger partial charge >= 0.3 is 0 Å². The zero-order chi connectivity index (χ0) is 25.0. The molecule has 194 valence electrons. The summed E-state index contributed by atoms with van der Waals surface area (Å²) in [6, 6.07) is 0. The van der Waals surface area contributed by atoms with E-state index in [1.54, 1.807) is 5.57 Å². The SMILES string of the molecule is CC.CC.CC(C)CCCC(C)(O)C1CCC2C3CC=C4CC(O)CCC4(C)C3CCC21C. The molecule has 0 amide bonds. The fourth-order valence-corrected chi connectivity index (χ4v) is 8.71. The largest absolute Gasteiger partial charge is 0.393 e. The lowest BCUT2D eigenvalue weighted by atomic mass is 9.46. The molecule has 2 heteroatoms. The summed E-state index contributed by atoms with van der Waals surface area (Å²) in [6.45, 7) is 19.8. The van der Waals surface area contributed by atoms with Crippen molar-refractivity contribution in [1.29, 1.82) is 0 Å². The summed E-state index contributed by atoms with van der Waals surface area (Å²) >= 11 is 0. The van der Waals surface area contributed by atoms with E-state index in [2.05, 4.69) is 40.7 Å². The first-order valence-electron chi connectivity index (χ1n) is 14.7. The van der Waals surface area contributed by atoms with Gasteiger partial charge in [0, 0.05) is 0 Å². The van der Waals surface area contributed by atoms with E-state index in [1.165, 1.54) is 44.9 Å². The van der Waals surface area contributed by atoms with Crippen molar-refractivity contribution in [3.05, 3.63) is 11.6 Å². The topological polar surface area (TPSA) is 40.5 Å². The molecule has 0 aromatic rings. The standard InChI is InChI=1S/C27H46O2.2C2H6/c1-18(2)7-6-14-27(5,29)24-11-10-22-21-9-8-19-17-20(28)12-15-25(19,3)23(21)13-16-26(22,24)4;2*1-2/h8,18,20-24,28-29H,6-7,9-17H2,1-5H3;2*1-2H3. The monoisotopic (exact) mass is 462 g/mol. The van der Waals surface area contributed by atoms with Gasteiger partial charge in [-0.15, -0.1) is 0 Å². The Hall–Kier alpha value is -0.340. The van der Waals surface area contributed by atoms with Crippen molar-refractivity contribution in [2.24, 2.45) is 40.4 Å². The van der Waals surface area contributed by atoms with Crippen molar-refractivity contribution in [2.75, 3.05) is 0 Å². The van der Waals surface area contributed by atoms with Gasteiger partial charge in [-0.05, 0) is 105 Å². The van der Waals surface area contributed by atoms with E-state index in [0.717, 1.165) is 49.4 Å². The molecule has 8 atom stereocenters. The molecule has 0 heterocycles. The summed E-state index contributed by atoms with van der Waals surface area (Å²) < 4.78 is 0. The Morgan fingerprint density at radius 1 is 1.00 bits per heavy atom. The maximum atomic E-state index is 11.6. The molecule has 8 unspecified atom stereocenters. The number of aliphatic hydroxyl groups is 2. The second-order valence-corrected chi connectivity index (χ2v) is 12.5. The van der Waals surface area contributed by atoms with Crippen LogP contribution in [0.3, 0.4) is 0 Å². The van der Waals surface area contributed by atoms with Crippen LogP contribution in [0.25, 0.3) is 0 Å². The van der Waals surface area contributed by atoms with E-state index >= 15 is 0 Å². The molecule has 3 saturated carbocycles. The van der Waals surface area contributed by atoms with Crippen LogP contribution in [-0.2, 0) is 0 Å². The normalized spacial score (nSPS) is 41.2. The number of rotatable bonds is 5. The summed E-state index contributed by atoms with van der Waals surface area (Å²) in [5.41, 5.74) is 1.68. The summed E-state index contributed by atoms with van der Waals surface area (Å²) in [4.78, 5) is 0. The molecule has 2 nitrogen and oxygen atoms in total. The van der Waals surface area contributed by atoms with Crippen LogP contribution in [-0.4, -0.2) is 21.9 Å². The molecule has 4 rings (SSSR count). The van der Waals surface area contributed by atoms with Crippen LogP contribution in [0.15, 0.2) is 11.6 Å². The van der Waals surface area contributed by atoms with Crippen LogP contribution in [0.1, 0.15) is 133 Å². The molecule has 0 saturated heterocycles. The van der Waals surface area contributed by atoms with Crippen LogP contribution in [0.2, 0.25) is 0 Å². The summed E-state index contributed by atoms with van der Waals surface area (Å²) in [5.74, 6) is 3.53. The Morgan fingerprint density at radius 2 is 1.67 bits per heavy atom. The predicted molar refractivity (Wildman–Crippen MR) is 143 cm³/mol. The van der Waals surface area contributed by atoms with Gasteiger partial charge in [0.2, 0.25) is 0 Å². The van der Waals surface area contributed by atoms with Crippen LogP contribution >= 0.6 is 0 Å². The summed E-state index contributed by atoms with van der Waals surface area (Å²) in [6.07, 6.45) is 15.2. The maximum Gasteiger partial charge on any atom is 0.0653 e. The highest BCUT2D eigenvalue weighted by atomic mass is 16.3. The van der Waals surface area contributed by atoms with E-state index in [0.29, 0.717) is 16.7 Å². The zero-order valence-corrected chi connectivity index (χ0v) is 23.7. The number of hydrogen-bond acceptors (Lipinski definition) is 2. The Morgan fingerprint density at radius 3 is 2.30 bits per heavy atom. The van der Waals surface area contributed by atoms with E-state index in [1.807, 2.05) is 27.7 Å². The highest BCUT2D eigenvalue weighted by Gasteiger charge is 2.61. The number of aliphatic hydroxyl groups excluding tert-OH is 1. The molecule has 0 aromatic heterocycles. The van der Waals surface area contributed by atoms with Gasteiger partial charge in [0.25, 0.3) is 0 Å². The van der Waals surface area contributed by atoms with Crippen LogP contribution in [0.5, 0.6) is 0 Å². The van der Waals surface area contributed by atoms with Crippen molar-refractivity contribution in [3.8, 4) is 0 Å². The average molecular weight is 463 g/mol. The van der Waals surface area contributed by atoms with Crippen molar-refractivity contribution in [2.45, 2.75) is 145 Å². The van der Waals surface area contributed by atoms with Gasteiger partial charge in [-0.1, -0.05) is 79.9 Å². The Bertz CT molecular complexity index is 635. The minimum atomic E-state index is -0.514. The third kappa shape index (κ3) is 5.58. The van der Waals surface area contributed by atoms with Gasteiger partial charge in [-0.3, -0.25) is 0 Å². The summed E-state index contributed by atoms with van der Waals surface area (Å²) in [5, 5.41) is 21.8. The van der Waals surface area contributed by atoms with Gasteiger partial charge in [-0.2, -0.15) is 0 Å². The minimum Gasteiger partial charge on any atom is -0.393 e. The average Bonchev–Trinajstić information content (AvgIpc) is 3.15. The molecule has 0 aliphatic heterocycles. The third-order valence-corrected chi connectivity index (χ3v) is 10.3. The molecule has 2 N–H and O–H groups in total. The first-order valence-corrected chi connectivity index (χ1v) is 14.7. The molecular weight excluding hydrogens is 404 g/mol. The Kier molecular flexibility index (Phi) is 10.2. The molecule has 4 aliphatic rings. The molecule has 0 spiro atoms. The van der Waals surface area contributed by atoms with Crippen LogP contribution in [0, 0.1) is 40.4 Å². The molecular formula is C31H58O2. The fraction of sp³-hybridized carbons (Fsp3) is 0.935. The number of fused-ring (bicyclic) bond motifs is 5. The second-order valence-electron chi connectivity index (χ2n) is 12.5. The van der Waals surface area contributed by atoms with Crippen molar-refractivity contribution >= 4 is 0 Å². The number of hydrogen-bond donors (Lipinski definition) is 2. The first kappa shape index (κ1) is 28.9. The molecule has 4 aliphatic carbocycles. The molecule has 33 heavy (non-hydrogen) atoms. The quantitative estimate of drug-likeness (QED) is 0.402. The van der Waals surface area contributed by atoms with Crippen LogP contribution < -0.4 is 0 Å². The van der Waals surface area contributed by atoms with Crippen LogP contribution in [0.4, 0.5) is 0 Å². The van der Waals surface area contributed by atoms with E-state index in [-0.39, 0.29) is 6.10 Å². The smallest absolute Gasteiger partial charge is 0.0653 e. The second kappa shape index (κ2) is 11.6. The van der Waals surface area contributed by atoms with Crippen molar-refractivity contribution < 1.29 is 10.2 Å². The number of allylic oxidation sites excluding steroid dienone is 1. The highest BCUT2D eigenvalue weighted by Crippen LogP contribution is 2.67. The fourth-order valence-electron chi connectivity index (χ4n) is 8.71. The first-order chi connectivity index (χ1) is 15.6. The Balaban J connectivity index is 0.000000914. The van der Waals surface area contributed by atoms with Crippen molar-refractivity contribution in [3.63, 3.8) is 0 Å². The zero-order valence-electron chi connectivity index (χ0n) is 23.7. The van der Waals surface area contributed by atoms with Gasteiger partial charge in [0.1, 0.15) is 0 Å². The Labute approximate surface area is 207 Å². The van der Waals surface area contributed by atoms with Gasteiger partial charge in [0.05, 0.1) is 11.7 Å². The lowest BCUT2D eigenvalue weighted by molar-refractivity contribution is -0.105. The van der Waals surface area contributed by atoms with E-state index < -0.39 is 5.60 Å². The van der Waals surface area contributed by atoms with Gasteiger partial charge in [-0.25, -0.2) is 0 Å². The molecule has 0 bridgehead atoms. The minimum absolute atomic E-state index is 0.114. The van der Waals surface area contributed by atoms with Crippen molar-refractivity contribution in [1.82, 2.24) is 0 Å². The lowest BCUT2D eigenvalue weighted by Gasteiger charge is -2.59.